The summed E-state index contributed by atoms with van der Waals surface area (Å²) in [7, 11) is -0.730. The minimum absolute atomic E-state index is 0.323. The first kappa shape index (κ1) is 15.3. The Kier molecular flexibility index (Phi) is 3.61. The molecule has 0 spiro atoms. The number of halogens is 1. The molecule has 1 saturated heterocycles. The minimum atomic E-state index is -0.758. The van der Waals surface area contributed by atoms with E-state index in [1.807, 2.05) is 27.7 Å². The number of aryl methyl sites for hydroxylation is 1. The van der Waals surface area contributed by atoms with Crippen LogP contribution in [0.15, 0.2) is 12.1 Å². The third-order valence-electron chi connectivity index (χ3n) is 4.28. The average Bonchev–Trinajstić information content (AvgIpc) is 2.54. The summed E-state index contributed by atoms with van der Waals surface area (Å²) in [4.78, 5) is 0. The maximum absolute atomic E-state index is 13.5. The lowest BCUT2D eigenvalue weighted by Crippen LogP contribution is -2.41. The highest BCUT2D eigenvalue weighted by atomic mass is 19.1. The van der Waals surface area contributed by atoms with E-state index in [1.165, 1.54) is 6.07 Å². The average molecular weight is 281 g/mol. The summed E-state index contributed by atoms with van der Waals surface area (Å²) in [6.07, 6.45) is 0. The molecule has 2 rings (SSSR count). The fourth-order valence-electron chi connectivity index (χ4n) is 2.27. The second-order valence-electron chi connectivity index (χ2n) is 6.28. The summed E-state index contributed by atoms with van der Waals surface area (Å²) < 4.78 is 25.2. The number of phenolic OH excluding ortho intramolecular Hbond substituents is 1. The molecule has 0 unspecified atom stereocenters. The van der Waals surface area contributed by atoms with E-state index in [0.29, 0.717) is 11.1 Å². The van der Waals surface area contributed by atoms with Gasteiger partial charge in [0, 0.05) is 5.56 Å². The van der Waals surface area contributed by atoms with E-state index in [1.54, 1.807) is 13.0 Å². The predicted molar refractivity (Wildman–Crippen MR) is 75.8 cm³/mol. The van der Waals surface area contributed by atoms with Gasteiger partial charge in [-0.1, -0.05) is 6.07 Å². The molecule has 3 N–H and O–H groups in total. The zero-order valence-corrected chi connectivity index (χ0v) is 12.5. The summed E-state index contributed by atoms with van der Waals surface area (Å²) in [5.41, 5.74) is 6.12. The van der Waals surface area contributed by atoms with E-state index in [0.717, 1.165) is 0 Å². The quantitative estimate of drug-likeness (QED) is 0.817. The van der Waals surface area contributed by atoms with Gasteiger partial charge in [0.2, 0.25) is 0 Å². The highest BCUT2D eigenvalue weighted by Crippen LogP contribution is 2.41. The molecule has 1 fully saturated rings. The molecule has 20 heavy (non-hydrogen) atoms. The van der Waals surface area contributed by atoms with Crippen LogP contribution in [0.1, 0.15) is 44.8 Å². The van der Waals surface area contributed by atoms with Crippen LogP contribution < -0.4 is 5.73 Å². The highest BCUT2D eigenvalue weighted by Gasteiger charge is 2.53. The van der Waals surface area contributed by atoms with Crippen molar-refractivity contribution in [1.82, 2.24) is 0 Å². The van der Waals surface area contributed by atoms with E-state index >= 15 is 0 Å². The molecule has 1 aromatic rings. The van der Waals surface area contributed by atoms with Gasteiger partial charge < -0.3 is 20.1 Å². The van der Waals surface area contributed by atoms with Gasteiger partial charge in [-0.3, -0.25) is 0 Å². The number of benzene rings is 1. The SMILES string of the molecule is Cc1ccc(F)c(O)c1[C@H](N)B1OC(C)(C)C(C)(C)O1. The number of hydrogen-bond acceptors (Lipinski definition) is 4. The molecule has 110 valence electrons. The number of rotatable bonds is 2. The molecular weight excluding hydrogens is 260 g/mol. The molecule has 0 aliphatic carbocycles. The third-order valence-corrected chi connectivity index (χ3v) is 4.28. The van der Waals surface area contributed by atoms with E-state index < -0.39 is 35.8 Å². The van der Waals surface area contributed by atoms with Crippen molar-refractivity contribution in [3.05, 3.63) is 29.1 Å². The zero-order valence-electron chi connectivity index (χ0n) is 12.5. The third kappa shape index (κ3) is 2.32. The highest BCUT2D eigenvalue weighted by molar-refractivity contribution is 6.47. The van der Waals surface area contributed by atoms with Crippen LogP contribution in [0.25, 0.3) is 0 Å². The fraction of sp³-hybridized carbons (Fsp3) is 0.571. The molecule has 1 aliphatic rings. The molecule has 0 amide bonds. The van der Waals surface area contributed by atoms with Crippen LogP contribution in [-0.4, -0.2) is 23.4 Å². The van der Waals surface area contributed by atoms with Crippen molar-refractivity contribution in [2.24, 2.45) is 5.73 Å². The smallest absolute Gasteiger partial charge is 0.480 e. The molecule has 1 atom stereocenters. The van der Waals surface area contributed by atoms with Crippen molar-refractivity contribution >= 4 is 7.12 Å². The normalized spacial score (nSPS) is 22.1. The van der Waals surface area contributed by atoms with Gasteiger partial charge in [-0.2, -0.15) is 0 Å². The Labute approximate surface area is 119 Å². The van der Waals surface area contributed by atoms with Gasteiger partial charge in [0.25, 0.3) is 0 Å². The lowest BCUT2D eigenvalue weighted by molar-refractivity contribution is 0.00578. The van der Waals surface area contributed by atoms with Crippen molar-refractivity contribution in [3.8, 4) is 5.75 Å². The maximum atomic E-state index is 13.5. The Hall–Kier alpha value is -1.11. The van der Waals surface area contributed by atoms with Crippen LogP contribution >= 0.6 is 0 Å². The largest absolute Gasteiger partial charge is 0.505 e. The molecule has 6 heteroatoms. The van der Waals surface area contributed by atoms with Gasteiger partial charge in [-0.05, 0) is 46.2 Å². The first-order chi connectivity index (χ1) is 9.07. The Balaban J connectivity index is 2.35. The lowest BCUT2D eigenvalue weighted by Gasteiger charge is -2.32. The molecule has 0 bridgehead atoms. The van der Waals surface area contributed by atoms with Crippen LogP contribution in [-0.2, 0) is 9.31 Å². The number of hydrogen-bond donors (Lipinski definition) is 2. The van der Waals surface area contributed by atoms with Crippen molar-refractivity contribution in [2.75, 3.05) is 0 Å². The van der Waals surface area contributed by atoms with Gasteiger partial charge in [0.05, 0.1) is 17.1 Å². The van der Waals surface area contributed by atoms with Crippen molar-refractivity contribution in [3.63, 3.8) is 0 Å². The number of phenols is 1. The fourth-order valence-corrected chi connectivity index (χ4v) is 2.27. The van der Waals surface area contributed by atoms with E-state index in [4.69, 9.17) is 15.0 Å². The molecule has 1 heterocycles. The predicted octanol–water partition coefficient (Wildman–Crippen LogP) is 2.47. The van der Waals surface area contributed by atoms with Crippen LogP contribution in [0.2, 0.25) is 0 Å². The van der Waals surface area contributed by atoms with Crippen molar-refractivity contribution in [1.29, 1.82) is 0 Å². The van der Waals surface area contributed by atoms with E-state index in [-0.39, 0.29) is 0 Å². The van der Waals surface area contributed by atoms with Gasteiger partial charge in [-0.15, -0.1) is 0 Å². The van der Waals surface area contributed by atoms with E-state index in [9.17, 15) is 9.50 Å². The van der Waals surface area contributed by atoms with Crippen LogP contribution in [0, 0.1) is 12.7 Å². The summed E-state index contributed by atoms with van der Waals surface area (Å²) in [6.45, 7) is 9.42. The molecule has 0 radical (unpaired) electrons. The molecule has 4 nitrogen and oxygen atoms in total. The van der Waals surface area contributed by atoms with Gasteiger partial charge >= 0.3 is 7.12 Å². The first-order valence-corrected chi connectivity index (χ1v) is 6.66. The Bertz CT molecular complexity index is 517. The maximum Gasteiger partial charge on any atom is 0.480 e. The van der Waals surface area contributed by atoms with Crippen LogP contribution in [0.5, 0.6) is 5.75 Å². The zero-order chi connectivity index (χ0) is 15.3. The lowest BCUT2D eigenvalue weighted by atomic mass is 9.73. The summed E-state index contributed by atoms with van der Waals surface area (Å²) in [6, 6.07) is 2.79. The van der Waals surface area contributed by atoms with Gasteiger partial charge in [-0.25, -0.2) is 4.39 Å². The summed E-state index contributed by atoms with van der Waals surface area (Å²) in [5, 5.41) is 9.90. The molecule has 0 aromatic heterocycles. The number of aromatic hydroxyl groups is 1. The van der Waals surface area contributed by atoms with Gasteiger partial charge in [0.15, 0.2) is 11.6 Å². The second-order valence-corrected chi connectivity index (χ2v) is 6.28. The van der Waals surface area contributed by atoms with Crippen molar-refractivity contribution in [2.45, 2.75) is 51.8 Å². The topological polar surface area (TPSA) is 64.7 Å². The first-order valence-electron chi connectivity index (χ1n) is 6.66. The van der Waals surface area contributed by atoms with Crippen molar-refractivity contribution < 1.29 is 18.8 Å². The molecule has 0 saturated carbocycles. The second kappa shape index (κ2) is 4.72. The van der Waals surface area contributed by atoms with Crippen LogP contribution in [0.4, 0.5) is 4.39 Å². The molecule has 1 aromatic carbocycles. The Morgan fingerprint density at radius 2 is 1.70 bits per heavy atom. The number of nitrogens with two attached hydrogens (primary N) is 1. The summed E-state index contributed by atoms with van der Waals surface area (Å²) >= 11 is 0. The van der Waals surface area contributed by atoms with Gasteiger partial charge in [0.1, 0.15) is 0 Å². The molecular formula is C14H21BFNO3. The minimum Gasteiger partial charge on any atom is -0.505 e. The van der Waals surface area contributed by atoms with E-state index in [2.05, 4.69) is 0 Å². The standard InChI is InChI=1S/C14H21BFNO3/c1-8-6-7-9(16)11(18)10(8)12(17)15-19-13(2,3)14(4,5)20-15/h6-7,12,18H,17H2,1-5H3/t12-/m0/s1. The summed E-state index contributed by atoms with van der Waals surface area (Å²) in [5.74, 6) is -1.89. The monoisotopic (exact) mass is 281 g/mol. The Morgan fingerprint density at radius 1 is 1.20 bits per heavy atom. The molecule has 1 aliphatic heterocycles. The Morgan fingerprint density at radius 3 is 2.20 bits per heavy atom. The van der Waals surface area contributed by atoms with Crippen LogP contribution in [0.3, 0.4) is 0 Å².